The average molecular weight is 243 g/mol. The zero-order valence-corrected chi connectivity index (χ0v) is 10.5. The van der Waals surface area contributed by atoms with Crippen molar-refractivity contribution >= 4 is 0 Å². The Kier molecular flexibility index (Phi) is 3.11. The van der Waals surface area contributed by atoms with Crippen molar-refractivity contribution in [2.24, 2.45) is 0 Å². The van der Waals surface area contributed by atoms with E-state index in [-0.39, 0.29) is 0 Å². The zero-order chi connectivity index (χ0) is 12.4. The number of nitrogens with zero attached hydrogens (tertiary/aromatic N) is 2. The number of benzene rings is 1. The van der Waals surface area contributed by atoms with E-state index in [1.54, 1.807) is 0 Å². The monoisotopic (exact) mass is 243 g/mol. The summed E-state index contributed by atoms with van der Waals surface area (Å²) >= 11 is 0. The van der Waals surface area contributed by atoms with Crippen LogP contribution in [-0.4, -0.2) is 23.2 Å². The van der Waals surface area contributed by atoms with Crippen LogP contribution in [0.3, 0.4) is 0 Å². The summed E-state index contributed by atoms with van der Waals surface area (Å²) < 4.78 is 5.42. The van der Waals surface area contributed by atoms with E-state index in [4.69, 9.17) is 4.52 Å². The first-order valence-electron chi connectivity index (χ1n) is 6.45. The fourth-order valence-electron chi connectivity index (χ4n) is 2.40. The Hall–Kier alpha value is -1.68. The van der Waals surface area contributed by atoms with Crippen molar-refractivity contribution in [1.29, 1.82) is 0 Å². The fraction of sp³-hybridized carbons (Fsp3) is 0.429. The van der Waals surface area contributed by atoms with Crippen molar-refractivity contribution in [2.75, 3.05) is 13.1 Å². The lowest BCUT2D eigenvalue weighted by molar-refractivity contribution is 0.320. The molecule has 4 nitrogen and oxygen atoms in total. The summed E-state index contributed by atoms with van der Waals surface area (Å²) in [5.74, 6) is 1.91. The van der Waals surface area contributed by atoms with E-state index in [0.29, 0.717) is 11.7 Å². The summed E-state index contributed by atoms with van der Waals surface area (Å²) in [4.78, 5) is 4.56. The topological polar surface area (TPSA) is 51.0 Å². The number of aromatic nitrogens is 2. The molecule has 1 aliphatic heterocycles. The van der Waals surface area contributed by atoms with Crippen molar-refractivity contribution in [3.63, 3.8) is 0 Å². The number of nitrogens with one attached hydrogen (secondary N) is 1. The second-order valence-electron chi connectivity index (χ2n) is 4.80. The minimum Gasteiger partial charge on any atom is -0.339 e. The maximum absolute atomic E-state index is 5.42. The molecular formula is C14H17N3O. The Balaban J connectivity index is 1.87. The molecule has 1 N–H and O–H groups in total. The molecule has 1 aromatic heterocycles. The van der Waals surface area contributed by atoms with E-state index in [2.05, 4.69) is 28.4 Å². The van der Waals surface area contributed by atoms with E-state index in [0.717, 1.165) is 37.4 Å². The van der Waals surface area contributed by atoms with Crippen LogP contribution in [0.2, 0.25) is 0 Å². The van der Waals surface area contributed by atoms with E-state index < -0.39 is 0 Å². The van der Waals surface area contributed by atoms with E-state index in [1.165, 1.54) is 5.56 Å². The van der Waals surface area contributed by atoms with Crippen LogP contribution in [0.15, 0.2) is 28.8 Å². The minimum atomic E-state index is 0.413. The van der Waals surface area contributed by atoms with E-state index in [9.17, 15) is 0 Å². The summed E-state index contributed by atoms with van der Waals surface area (Å²) in [5.41, 5.74) is 2.23. The largest absolute Gasteiger partial charge is 0.339 e. The number of hydrogen-bond acceptors (Lipinski definition) is 4. The van der Waals surface area contributed by atoms with Gasteiger partial charge in [0.1, 0.15) is 0 Å². The maximum atomic E-state index is 5.42. The summed E-state index contributed by atoms with van der Waals surface area (Å²) in [6.45, 7) is 4.13. The van der Waals surface area contributed by atoms with Crippen LogP contribution < -0.4 is 5.32 Å². The highest BCUT2D eigenvalue weighted by molar-refractivity contribution is 5.58. The van der Waals surface area contributed by atoms with Gasteiger partial charge in [0.2, 0.25) is 11.7 Å². The molecule has 94 valence electrons. The van der Waals surface area contributed by atoms with Crippen molar-refractivity contribution in [2.45, 2.75) is 25.7 Å². The molecule has 0 aliphatic carbocycles. The van der Waals surface area contributed by atoms with Gasteiger partial charge in [-0.2, -0.15) is 4.98 Å². The highest BCUT2D eigenvalue weighted by atomic mass is 16.5. The lowest BCUT2D eigenvalue weighted by atomic mass is 9.98. The molecule has 18 heavy (non-hydrogen) atoms. The molecule has 0 radical (unpaired) electrons. The number of piperidine rings is 1. The molecule has 3 rings (SSSR count). The molecule has 1 saturated heterocycles. The Morgan fingerprint density at radius 3 is 2.78 bits per heavy atom. The van der Waals surface area contributed by atoms with Crippen LogP contribution in [0.25, 0.3) is 11.4 Å². The van der Waals surface area contributed by atoms with Crippen LogP contribution in [0, 0.1) is 6.92 Å². The molecule has 1 fully saturated rings. The predicted molar refractivity (Wildman–Crippen MR) is 69.3 cm³/mol. The Morgan fingerprint density at radius 1 is 1.22 bits per heavy atom. The van der Waals surface area contributed by atoms with Crippen LogP contribution >= 0.6 is 0 Å². The third-order valence-corrected chi connectivity index (χ3v) is 3.52. The Labute approximate surface area is 106 Å². The molecule has 4 heteroatoms. The third kappa shape index (κ3) is 2.16. The average Bonchev–Trinajstić information content (AvgIpc) is 2.90. The van der Waals surface area contributed by atoms with Crippen LogP contribution in [0.4, 0.5) is 0 Å². The first kappa shape index (κ1) is 11.4. The maximum Gasteiger partial charge on any atom is 0.230 e. The molecule has 2 heterocycles. The molecule has 0 saturated carbocycles. The second-order valence-corrected chi connectivity index (χ2v) is 4.80. The van der Waals surface area contributed by atoms with Gasteiger partial charge in [0.05, 0.1) is 0 Å². The standard InChI is InChI=1S/C14H17N3O/c1-10-4-2-3-5-12(10)13-16-14(18-17-13)11-6-8-15-9-7-11/h2-5,11,15H,6-9H2,1H3. The number of hydrogen-bond donors (Lipinski definition) is 1. The van der Waals surface area contributed by atoms with Gasteiger partial charge in [-0.3, -0.25) is 0 Å². The van der Waals surface area contributed by atoms with Gasteiger partial charge in [-0.05, 0) is 38.4 Å². The summed E-state index contributed by atoms with van der Waals surface area (Å²) in [6.07, 6.45) is 2.16. The van der Waals surface area contributed by atoms with Gasteiger partial charge in [-0.1, -0.05) is 29.4 Å². The summed E-state index contributed by atoms with van der Waals surface area (Å²) in [5, 5.41) is 7.46. The molecule has 0 bridgehead atoms. The van der Waals surface area contributed by atoms with Gasteiger partial charge in [0.15, 0.2) is 0 Å². The quantitative estimate of drug-likeness (QED) is 0.880. The van der Waals surface area contributed by atoms with Crippen LogP contribution in [0.1, 0.15) is 30.2 Å². The van der Waals surface area contributed by atoms with Crippen molar-refractivity contribution in [3.05, 3.63) is 35.7 Å². The lowest BCUT2D eigenvalue weighted by Gasteiger charge is -2.18. The van der Waals surface area contributed by atoms with Crippen LogP contribution in [0.5, 0.6) is 0 Å². The first-order valence-corrected chi connectivity index (χ1v) is 6.45. The zero-order valence-electron chi connectivity index (χ0n) is 10.5. The van der Waals surface area contributed by atoms with E-state index >= 15 is 0 Å². The van der Waals surface area contributed by atoms with Gasteiger partial charge in [-0.25, -0.2) is 0 Å². The van der Waals surface area contributed by atoms with Gasteiger partial charge < -0.3 is 9.84 Å². The minimum absolute atomic E-state index is 0.413. The molecule has 0 unspecified atom stereocenters. The van der Waals surface area contributed by atoms with Gasteiger partial charge in [-0.15, -0.1) is 0 Å². The molecule has 1 aromatic carbocycles. The van der Waals surface area contributed by atoms with Crippen molar-refractivity contribution in [1.82, 2.24) is 15.5 Å². The molecule has 0 spiro atoms. The van der Waals surface area contributed by atoms with Gasteiger partial charge in [0.25, 0.3) is 0 Å². The molecular weight excluding hydrogens is 226 g/mol. The molecule has 1 aliphatic rings. The highest BCUT2D eigenvalue weighted by Gasteiger charge is 2.21. The molecule has 2 aromatic rings. The van der Waals surface area contributed by atoms with Crippen molar-refractivity contribution < 1.29 is 4.52 Å². The van der Waals surface area contributed by atoms with Gasteiger partial charge in [0, 0.05) is 11.5 Å². The lowest BCUT2D eigenvalue weighted by Crippen LogP contribution is -2.26. The SMILES string of the molecule is Cc1ccccc1-c1noc(C2CCNCC2)n1. The Bertz CT molecular complexity index is 529. The summed E-state index contributed by atoms with van der Waals surface area (Å²) in [6, 6.07) is 8.12. The second kappa shape index (κ2) is 4.90. The number of aryl methyl sites for hydroxylation is 1. The van der Waals surface area contributed by atoms with Crippen molar-refractivity contribution in [3.8, 4) is 11.4 Å². The first-order chi connectivity index (χ1) is 8.84. The summed E-state index contributed by atoms with van der Waals surface area (Å²) in [7, 11) is 0. The molecule has 0 atom stereocenters. The van der Waals surface area contributed by atoms with E-state index in [1.807, 2.05) is 18.2 Å². The third-order valence-electron chi connectivity index (χ3n) is 3.52. The van der Waals surface area contributed by atoms with Gasteiger partial charge >= 0.3 is 0 Å². The van der Waals surface area contributed by atoms with Crippen LogP contribution in [-0.2, 0) is 0 Å². The smallest absolute Gasteiger partial charge is 0.230 e. The predicted octanol–water partition coefficient (Wildman–Crippen LogP) is 2.51. The highest BCUT2D eigenvalue weighted by Crippen LogP contribution is 2.26. The normalized spacial score (nSPS) is 16.9. The number of rotatable bonds is 2. The fourth-order valence-corrected chi connectivity index (χ4v) is 2.40. The Morgan fingerprint density at radius 2 is 2.00 bits per heavy atom. The molecule has 0 amide bonds.